The molecule has 4 heterocycles. The largest absolute Gasteiger partial charge is 0.394 e. The predicted molar refractivity (Wildman–Crippen MR) is 100 cm³/mol. The van der Waals surface area contributed by atoms with Crippen molar-refractivity contribution in [2.24, 2.45) is 7.05 Å². The Morgan fingerprint density at radius 3 is 2.65 bits per heavy atom. The van der Waals surface area contributed by atoms with Crippen LogP contribution in [0, 0.1) is 6.92 Å². The Bertz CT molecular complexity index is 1170. The molecule has 132 valence electrons. The van der Waals surface area contributed by atoms with Crippen molar-refractivity contribution in [3.8, 4) is 11.3 Å². The van der Waals surface area contributed by atoms with Crippen LogP contribution in [0.5, 0.6) is 0 Å². The van der Waals surface area contributed by atoms with Gasteiger partial charge in [-0.15, -0.1) is 0 Å². The molecule has 0 aromatic carbocycles. The van der Waals surface area contributed by atoms with Gasteiger partial charge in [-0.05, 0) is 38.1 Å². The first-order valence-corrected chi connectivity index (χ1v) is 8.42. The fraction of sp³-hybridized carbons (Fsp3) is 0.263. The number of hydrogen-bond donors (Lipinski definition) is 1. The molecule has 4 aromatic rings. The molecule has 7 heteroatoms. The average molecular weight is 349 g/mol. The molecule has 0 saturated heterocycles. The summed E-state index contributed by atoms with van der Waals surface area (Å²) in [6.07, 6.45) is 3.46. The lowest BCUT2D eigenvalue weighted by atomic mass is 10.1. The van der Waals surface area contributed by atoms with Crippen molar-refractivity contribution in [2.45, 2.75) is 19.9 Å². The van der Waals surface area contributed by atoms with Gasteiger partial charge < -0.3 is 5.11 Å². The number of aliphatic hydroxyl groups excluding tert-OH is 1. The van der Waals surface area contributed by atoms with Gasteiger partial charge in [0.2, 0.25) is 0 Å². The van der Waals surface area contributed by atoms with Gasteiger partial charge in [0.25, 0.3) is 0 Å². The van der Waals surface area contributed by atoms with Gasteiger partial charge in [-0.2, -0.15) is 0 Å². The van der Waals surface area contributed by atoms with Crippen LogP contribution >= 0.6 is 0 Å². The van der Waals surface area contributed by atoms with Crippen molar-refractivity contribution in [1.29, 1.82) is 0 Å². The predicted octanol–water partition coefficient (Wildman–Crippen LogP) is 2.21. The van der Waals surface area contributed by atoms with Crippen LogP contribution in [0.3, 0.4) is 0 Å². The second-order valence-electron chi connectivity index (χ2n) is 6.49. The van der Waals surface area contributed by atoms with Crippen molar-refractivity contribution >= 4 is 22.1 Å². The maximum Gasteiger partial charge on any atom is 0.329 e. The summed E-state index contributed by atoms with van der Waals surface area (Å²) in [5.74, 6) is 0. The van der Waals surface area contributed by atoms with Gasteiger partial charge in [0, 0.05) is 24.5 Å². The van der Waals surface area contributed by atoms with Gasteiger partial charge in [-0.25, -0.2) is 9.78 Å². The van der Waals surface area contributed by atoms with E-state index in [1.165, 1.54) is 4.57 Å². The van der Waals surface area contributed by atoms with E-state index in [0.29, 0.717) is 22.1 Å². The third kappa shape index (κ3) is 2.40. The van der Waals surface area contributed by atoms with Crippen molar-refractivity contribution in [1.82, 2.24) is 24.1 Å². The van der Waals surface area contributed by atoms with Crippen LogP contribution in [0.1, 0.15) is 18.7 Å². The molecule has 0 bridgehead atoms. The SMILES string of the molecule is Cc1ccc(-c2ccc3ncc4c(c3n2)n([C@H](C)CO)c(=O)n4C)cn1. The fourth-order valence-corrected chi connectivity index (χ4v) is 3.16. The number of aliphatic hydroxyl groups is 1. The van der Waals surface area contributed by atoms with E-state index in [4.69, 9.17) is 4.98 Å². The highest BCUT2D eigenvalue weighted by atomic mass is 16.3. The Labute approximate surface area is 149 Å². The van der Waals surface area contributed by atoms with Gasteiger partial charge in [-0.1, -0.05) is 0 Å². The quantitative estimate of drug-likeness (QED) is 0.613. The van der Waals surface area contributed by atoms with Crippen LogP contribution in [0.4, 0.5) is 0 Å². The number of hydrogen-bond acceptors (Lipinski definition) is 5. The molecule has 1 N–H and O–H groups in total. The Kier molecular flexibility index (Phi) is 3.81. The second-order valence-corrected chi connectivity index (χ2v) is 6.49. The van der Waals surface area contributed by atoms with Crippen molar-refractivity contribution in [3.05, 3.63) is 52.8 Å². The number of aryl methyl sites for hydroxylation is 2. The molecule has 26 heavy (non-hydrogen) atoms. The molecule has 0 radical (unpaired) electrons. The molecular weight excluding hydrogens is 330 g/mol. The number of fused-ring (bicyclic) bond motifs is 3. The van der Waals surface area contributed by atoms with E-state index in [0.717, 1.165) is 17.0 Å². The monoisotopic (exact) mass is 349 g/mol. The van der Waals surface area contributed by atoms with E-state index < -0.39 is 0 Å². The Balaban J connectivity index is 2.07. The molecule has 7 nitrogen and oxygen atoms in total. The first-order valence-electron chi connectivity index (χ1n) is 8.42. The van der Waals surface area contributed by atoms with Gasteiger partial charge in [-0.3, -0.25) is 19.1 Å². The number of rotatable bonds is 3. The third-order valence-corrected chi connectivity index (χ3v) is 4.67. The topological polar surface area (TPSA) is 85.8 Å². The molecule has 4 aromatic heterocycles. The lowest BCUT2D eigenvalue weighted by Gasteiger charge is -2.11. The molecule has 1 atom stereocenters. The van der Waals surface area contributed by atoms with Crippen LogP contribution < -0.4 is 5.69 Å². The standard InChI is InChI=1S/C19H19N5O2/c1-11-4-5-13(8-20-11)14-6-7-15-17(22-14)18-16(9-21-15)23(3)19(26)24(18)12(2)10-25/h4-9,12,25H,10H2,1-3H3/t12-/m1/s1. The Hall–Kier alpha value is -3.06. The van der Waals surface area contributed by atoms with Gasteiger partial charge in [0.15, 0.2) is 0 Å². The number of aromatic nitrogens is 5. The van der Waals surface area contributed by atoms with Crippen molar-refractivity contribution in [2.75, 3.05) is 6.61 Å². The van der Waals surface area contributed by atoms with E-state index in [2.05, 4.69) is 9.97 Å². The number of pyridine rings is 3. The molecule has 4 rings (SSSR count). The Morgan fingerprint density at radius 2 is 1.96 bits per heavy atom. The van der Waals surface area contributed by atoms with Gasteiger partial charge in [0.05, 0.1) is 41.1 Å². The van der Waals surface area contributed by atoms with Crippen molar-refractivity contribution in [3.63, 3.8) is 0 Å². The minimum Gasteiger partial charge on any atom is -0.394 e. The van der Waals surface area contributed by atoms with E-state index >= 15 is 0 Å². The highest BCUT2D eigenvalue weighted by Gasteiger charge is 2.19. The van der Waals surface area contributed by atoms with Gasteiger partial charge >= 0.3 is 5.69 Å². The summed E-state index contributed by atoms with van der Waals surface area (Å²) in [4.78, 5) is 26.2. The molecule has 0 fully saturated rings. The van der Waals surface area contributed by atoms with E-state index in [1.54, 1.807) is 30.9 Å². The zero-order valence-electron chi connectivity index (χ0n) is 14.8. The minimum atomic E-state index is -0.358. The molecule has 0 amide bonds. The number of nitrogens with zero attached hydrogens (tertiary/aromatic N) is 5. The molecule has 0 aliphatic carbocycles. The van der Waals surface area contributed by atoms with Gasteiger partial charge in [0.1, 0.15) is 5.52 Å². The summed E-state index contributed by atoms with van der Waals surface area (Å²) in [6.45, 7) is 3.61. The van der Waals surface area contributed by atoms with E-state index in [9.17, 15) is 9.90 Å². The van der Waals surface area contributed by atoms with Crippen LogP contribution in [0.15, 0.2) is 41.5 Å². The van der Waals surface area contributed by atoms with Crippen molar-refractivity contribution < 1.29 is 5.11 Å². The summed E-state index contributed by atoms with van der Waals surface area (Å²) >= 11 is 0. The molecular formula is C19H19N5O2. The average Bonchev–Trinajstić information content (AvgIpc) is 2.92. The fourth-order valence-electron chi connectivity index (χ4n) is 3.16. The zero-order valence-corrected chi connectivity index (χ0v) is 14.8. The number of imidazole rings is 1. The maximum absolute atomic E-state index is 12.7. The van der Waals surface area contributed by atoms with E-state index in [1.807, 2.05) is 31.2 Å². The summed E-state index contributed by atoms with van der Waals surface area (Å²) in [5.41, 5.74) is 5.12. The van der Waals surface area contributed by atoms with E-state index in [-0.39, 0.29) is 18.3 Å². The maximum atomic E-state index is 12.7. The minimum absolute atomic E-state index is 0.135. The Morgan fingerprint density at radius 1 is 1.15 bits per heavy atom. The summed E-state index contributed by atoms with van der Waals surface area (Å²) in [7, 11) is 1.70. The summed E-state index contributed by atoms with van der Waals surface area (Å²) < 4.78 is 3.12. The summed E-state index contributed by atoms with van der Waals surface area (Å²) in [5, 5.41) is 9.60. The van der Waals surface area contributed by atoms with Crippen LogP contribution in [-0.4, -0.2) is 35.8 Å². The normalized spacial score (nSPS) is 12.8. The molecule has 0 saturated carbocycles. The lowest BCUT2D eigenvalue weighted by Crippen LogP contribution is -2.26. The second kappa shape index (κ2) is 6.03. The highest BCUT2D eigenvalue weighted by molar-refractivity contribution is 6.00. The highest BCUT2D eigenvalue weighted by Crippen LogP contribution is 2.26. The zero-order chi connectivity index (χ0) is 18.4. The first-order chi connectivity index (χ1) is 12.5. The smallest absolute Gasteiger partial charge is 0.329 e. The van der Waals surface area contributed by atoms with Crippen LogP contribution in [0.2, 0.25) is 0 Å². The molecule has 0 aliphatic heterocycles. The first kappa shape index (κ1) is 16.4. The summed E-state index contributed by atoms with van der Waals surface area (Å²) in [6, 6.07) is 7.34. The third-order valence-electron chi connectivity index (χ3n) is 4.67. The van der Waals surface area contributed by atoms with Crippen LogP contribution in [0.25, 0.3) is 33.3 Å². The molecule has 0 unspecified atom stereocenters. The molecule has 0 spiro atoms. The van der Waals surface area contributed by atoms with Crippen LogP contribution in [-0.2, 0) is 7.05 Å². The lowest BCUT2D eigenvalue weighted by molar-refractivity contribution is 0.238. The molecule has 0 aliphatic rings.